The van der Waals surface area contributed by atoms with E-state index in [1.54, 1.807) is 0 Å². The molecule has 1 heterocycles. The largest absolute Gasteiger partial charge is 0.489 e. The lowest BCUT2D eigenvalue weighted by Gasteiger charge is -2.26. The van der Waals surface area contributed by atoms with Crippen LogP contribution in [0.3, 0.4) is 0 Å². The summed E-state index contributed by atoms with van der Waals surface area (Å²) in [6.45, 7) is 5.93. The smallest absolute Gasteiger partial charge is 0.408 e. The van der Waals surface area contributed by atoms with Gasteiger partial charge >= 0.3 is 12.1 Å². The number of rotatable bonds is 7. The first-order valence-corrected chi connectivity index (χ1v) is 10.2. The van der Waals surface area contributed by atoms with Crippen LogP contribution in [0.4, 0.5) is 4.79 Å². The number of hydrogen-bond donors (Lipinski definition) is 1. The van der Waals surface area contributed by atoms with Crippen LogP contribution in [0.1, 0.15) is 44.7 Å². The molecule has 0 saturated carbocycles. The van der Waals surface area contributed by atoms with Gasteiger partial charge in [-0.25, -0.2) is 4.79 Å². The van der Waals surface area contributed by atoms with Crippen molar-refractivity contribution in [2.45, 2.75) is 64.4 Å². The van der Waals surface area contributed by atoms with Crippen LogP contribution in [0, 0.1) is 0 Å². The number of carbonyl (C=O) groups excluding carboxylic acids is 2. The summed E-state index contributed by atoms with van der Waals surface area (Å²) in [7, 11) is 0. The van der Waals surface area contributed by atoms with Gasteiger partial charge in [0.15, 0.2) is 0 Å². The second-order valence-corrected chi connectivity index (χ2v) is 8.44. The molecule has 0 bridgehead atoms. The number of ether oxygens (including phenoxy) is 3. The Morgan fingerprint density at radius 1 is 1.10 bits per heavy atom. The minimum absolute atomic E-state index is 0.236. The summed E-state index contributed by atoms with van der Waals surface area (Å²) in [6.07, 6.45) is 0.592. The maximum absolute atomic E-state index is 12.3. The Labute approximate surface area is 177 Å². The number of esters is 1. The van der Waals surface area contributed by atoms with Crippen LogP contribution in [0.25, 0.3) is 0 Å². The zero-order valence-corrected chi connectivity index (χ0v) is 17.7. The summed E-state index contributed by atoms with van der Waals surface area (Å²) in [5.74, 6) is 0.534. The van der Waals surface area contributed by atoms with Gasteiger partial charge in [0, 0.05) is 6.42 Å². The zero-order valence-electron chi connectivity index (χ0n) is 17.7. The van der Waals surface area contributed by atoms with Crippen LogP contribution in [-0.4, -0.2) is 29.8 Å². The summed E-state index contributed by atoms with van der Waals surface area (Å²) in [5, 5.41) is 2.88. The van der Waals surface area contributed by atoms with Gasteiger partial charge in [-0.3, -0.25) is 4.79 Å². The van der Waals surface area contributed by atoms with Crippen LogP contribution >= 0.6 is 0 Å². The van der Waals surface area contributed by atoms with Crippen molar-refractivity contribution < 1.29 is 23.8 Å². The van der Waals surface area contributed by atoms with E-state index < -0.39 is 11.7 Å². The van der Waals surface area contributed by atoms with Crippen LogP contribution in [-0.2, 0) is 27.3 Å². The van der Waals surface area contributed by atoms with E-state index in [0.717, 1.165) is 16.9 Å². The second kappa shape index (κ2) is 9.65. The van der Waals surface area contributed by atoms with Crippen LogP contribution in [0.15, 0.2) is 54.6 Å². The summed E-state index contributed by atoms with van der Waals surface area (Å²) in [4.78, 5) is 23.9. The van der Waals surface area contributed by atoms with Crippen molar-refractivity contribution in [3.05, 3.63) is 65.7 Å². The molecule has 0 aromatic heterocycles. The fourth-order valence-electron chi connectivity index (χ4n) is 3.28. The third-order valence-electron chi connectivity index (χ3n) is 4.69. The molecule has 6 heteroatoms. The first-order chi connectivity index (χ1) is 14.3. The van der Waals surface area contributed by atoms with Crippen molar-refractivity contribution >= 4 is 12.1 Å². The number of benzene rings is 2. The Balaban J connectivity index is 1.61. The van der Waals surface area contributed by atoms with Gasteiger partial charge in [-0.2, -0.15) is 0 Å². The third-order valence-corrected chi connectivity index (χ3v) is 4.69. The average molecular weight is 411 g/mol. The molecule has 2 aromatic rings. The number of cyclic esters (lactones) is 1. The Bertz CT molecular complexity index is 842. The number of alkyl carbamates (subject to hydrolysis) is 1. The summed E-state index contributed by atoms with van der Waals surface area (Å²) in [5.41, 5.74) is 1.51. The molecule has 1 fully saturated rings. The Hall–Kier alpha value is -3.02. The Kier molecular flexibility index (Phi) is 6.98. The van der Waals surface area contributed by atoms with Crippen molar-refractivity contribution in [3.8, 4) is 5.75 Å². The van der Waals surface area contributed by atoms with E-state index in [1.807, 2.05) is 75.4 Å². The van der Waals surface area contributed by atoms with Crippen LogP contribution in [0.2, 0.25) is 0 Å². The first-order valence-electron chi connectivity index (χ1n) is 10.2. The number of nitrogens with one attached hydrogen (secondary N) is 1. The topological polar surface area (TPSA) is 73.9 Å². The van der Waals surface area contributed by atoms with Crippen molar-refractivity contribution in [3.63, 3.8) is 0 Å². The van der Waals surface area contributed by atoms with E-state index in [1.165, 1.54) is 0 Å². The van der Waals surface area contributed by atoms with Crippen molar-refractivity contribution in [2.24, 2.45) is 0 Å². The first kappa shape index (κ1) is 21.7. The van der Waals surface area contributed by atoms with Gasteiger partial charge in [0.1, 0.15) is 24.1 Å². The van der Waals surface area contributed by atoms with E-state index in [0.29, 0.717) is 25.9 Å². The van der Waals surface area contributed by atoms with Gasteiger partial charge in [-0.15, -0.1) is 0 Å². The van der Waals surface area contributed by atoms with Crippen LogP contribution < -0.4 is 10.1 Å². The molecular weight excluding hydrogens is 382 g/mol. The lowest BCUT2D eigenvalue weighted by Crippen LogP contribution is -2.46. The summed E-state index contributed by atoms with van der Waals surface area (Å²) < 4.78 is 16.6. The molecule has 6 nitrogen and oxygen atoms in total. The second-order valence-electron chi connectivity index (χ2n) is 8.44. The highest BCUT2D eigenvalue weighted by Crippen LogP contribution is 2.22. The number of hydrogen-bond acceptors (Lipinski definition) is 5. The monoisotopic (exact) mass is 411 g/mol. The molecule has 0 spiro atoms. The zero-order chi connectivity index (χ0) is 21.6. The highest BCUT2D eigenvalue weighted by molar-refractivity contribution is 5.72. The van der Waals surface area contributed by atoms with Crippen molar-refractivity contribution in [1.29, 1.82) is 0 Å². The standard InChI is InChI=1S/C24H29NO5/c1-24(2,3)30-23(27)25-20(21-13-14-22(26)29-21)15-17-9-11-19(12-10-17)28-16-18-7-5-4-6-8-18/h4-12,20-21H,13-16H2,1-3H3,(H,25,27)/t20-,21-/m0/s1. The molecule has 1 aliphatic rings. The molecule has 2 atom stereocenters. The molecule has 160 valence electrons. The molecule has 0 aliphatic carbocycles. The molecule has 1 aliphatic heterocycles. The van der Waals surface area contributed by atoms with Gasteiger partial charge < -0.3 is 19.5 Å². The van der Waals surface area contributed by atoms with Gasteiger partial charge in [0.05, 0.1) is 6.04 Å². The minimum atomic E-state index is -0.598. The molecule has 1 saturated heterocycles. The van der Waals surface area contributed by atoms with E-state index in [2.05, 4.69) is 5.32 Å². The van der Waals surface area contributed by atoms with E-state index in [9.17, 15) is 9.59 Å². The minimum Gasteiger partial charge on any atom is -0.489 e. The maximum Gasteiger partial charge on any atom is 0.408 e. The molecule has 1 N–H and O–H groups in total. The molecule has 30 heavy (non-hydrogen) atoms. The normalized spacial score (nSPS) is 17.2. The summed E-state index contributed by atoms with van der Waals surface area (Å²) >= 11 is 0. The van der Waals surface area contributed by atoms with E-state index >= 15 is 0 Å². The third kappa shape index (κ3) is 6.79. The van der Waals surface area contributed by atoms with Gasteiger partial charge in [-0.05, 0) is 56.9 Å². The van der Waals surface area contributed by atoms with E-state index in [-0.39, 0.29) is 18.1 Å². The average Bonchev–Trinajstić information content (AvgIpc) is 3.13. The van der Waals surface area contributed by atoms with Crippen LogP contribution in [0.5, 0.6) is 5.75 Å². The maximum atomic E-state index is 12.3. The predicted octanol–water partition coefficient (Wildman–Crippen LogP) is 4.41. The quantitative estimate of drug-likeness (QED) is 0.684. The highest BCUT2D eigenvalue weighted by Gasteiger charge is 2.33. The number of amides is 1. The molecular formula is C24H29NO5. The number of carbonyl (C=O) groups is 2. The molecule has 0 unspecified atom stereocenters. The Morgan fingerprint density at radius 3 is 2.40 bits per heavy atom. The fourth-order valence-corrected chi connectivity index (χ4v) is 3.28. The fraction of sp³-hybridized carbons (Fsp3) is 0.417. The Morgan fingerprint density at radius 2 is 1.80 bits per heavy atom. The predicted molar refractivity (Wildman–Crippen MR) is 113 cm³/mol. The van der Waals surface area contributed by atoms with Crippen molar-refractivity contribution in [2.75, 3.05) is 0 Å². The van der Waals surface area contributed by atoms with E-state index in [4.69, 9.17) is 14.2 Å². The van der Waals surface area contributed by atoms with Crippen molar-refractivity contribution in [1.82, 2.24) is 5.32 Å². The summed E-state index contributed by atoms with van der Waals surface area (Å²) in [6, 6.07) is 17.3. The lowest BCUT2D eigenvalue weighted by molar-refractivity contribution is -0.142. The van der Waals surface area contributed by atoms with Gasteiger partial charge in [0.2, 0.25) is 0 Å². The highest BCUT2D eigenvalue weighted by atomic mass is 16.6. The molecule has 0 radical (unpaired) electrons. The molecule has 3 rings (SSSR count). The molecule has 2 aromatic carbocycles. The SMILES string of the molecule is CC(C)(C)OC(=O)N[C@@H](Cc1ccc(OCc2ccccc2)cc1)[C@@H]1CCC(=O)O1. The lowest BCUT2D eigenvalue weighted by atomic mass is 9.99. The van der Waals surface area contributed by atoms with Gasteiger partial charge in [0.25, 0.3) is 0 Å². The van der Waals surface area contributed by atoms with Gasteiger partial charge in [-0.1, -0.05) is 42.5 Å². The molecule has 1 amide bonds.